The van der Waals surface area contributed by atoms with Gasteiger partial charge in [-0.05, 0) is 37.5 Å². The Kier molecular flexibility index (Phi) is 3.72. The van der Waals surface area contributed by atoms with Crippen LogP contribution in [0.25, 0.3) is 0 Å². The number of rotatable bonds is 3. The lowest BCUT2D eigenvalue weighted by Crippen LogP contribution is -2.27. The maximum Gasteiger partial charge on any atom is 0.265 e. The van der Waals surface area contributed by atoms with E-state index in [1.54, 1.807) is 19.9 Å². The van der Waals surface area contributed by atoms with Gasteiger partial charge in [-0.25, -0.2) is 8.42 Å². The van der Waals surface area contributed by atoms with Crippen molar-refractivity contribution in [3.8, 4) is 0 Å². The first-order valence-electron chi connectivity index (χ1n) is 4.92. The standard InChI is InChI=1S/C11H17NO3S/c1-8-6-7-9(2)11(10(8)3)16(13,14)12(4)15-5/h6-7H,1-5H3. The van der Waals surface area contributed by atoms with E-state index in [0.29, 0.717) is 4.90 Å². The summed E-state index contributed by atoms with van der Waals surface area (Å²) in [6.45, 7) is 5.47. The maximum atomic E-state index is 12.2. The molecule has 0 saturated heterocycles. The number of sulfonamides is 1. The molecule has 0 aliphatic rings. The molecule has 5 heteroatoms. The van der Waals surface area contributed by atoms with Crippen molar-refractivity contribution < 1.29 is 13.3 Å². The fraction of sp³-hybridized carbons (Fsp3) is 0.455. The Morgan fingerprint density at radius 3 is 2.12 bits per heavy atom. The third kappa shape index (κ3) is 2.11. The third-order valence-electron chi connectivity index (χ3n) is 2.73. The van der Waals surface area contributed by atoms with E-state index in [-0.39, 0.29) is 0 Å². The van der Waals surface area contributed by atoms with E-state index in [0.717, 1.165) is 21.2 Å². The van der Waals surface area contributed by atoms with E-state index in [4.69, 9.17) is 4.84 Å². The predicted octanol–water partition coefficient (Wildman–Crippen LogP) is 1.79. The quantitative estimate of drug-likeness (QED) is 0.760. The summed E-state index contributed by atoms with van der Waals surface area (Å²) in [5.74, 6) is 0. The number of benzene rings is 1. The van der Waals surface area contributed by atoms with Gasteiger partial charge in [0.25, 0.3) is 10.0 Å². The SMILES string of the molecule is CON(C)S(=O)(=O)c1c(C)ccc(C)c1C. The lowest BCUT2D eigenvalue weighted by atomic mass is 10.1. The van der Waals surface area contributed by atoms with Gasteiger partial charge in [-0.3, -0.25) is 4.84 Å². The molecule has 1 rings (SSSR count). The molecule has 90 valence electrons. The summed E-state index contributed by atoms with van der Waals surface area (Å²) in [5, 5.41) is 0. The zero-order chi connectivity index (χ0) is 12.5. The van der Waals surface area contributed by atoms with Gasteiger partial charge in [0.05, 0.1) is 12.0 Å². The Morgan fingerprint density at radius 1 is 1.12 bits per heavy atom. The minimum atomic E-state index is -3.56. The van der Waals surface area contributed by atoms with Gasteiger partial charge in [-0.2, -0.15) is 0 Å². The number of hydrogen-bond acceptors (Lipinski definition) is 3. The van der Waals surface area contributed by atoms with Gasteiger partial charge in [0.1, 0.15) is 0 Å². The van der Waals surface area contributed by atoms with Crippen LogP contribution in [0.1, 0.15) is 16.7 Å². The van der Waals surface area contributed by atoms with E-state index in [2.05, 4.69) is 0 Å². The zero-order valence-corrected chi connectivity index (χ0v) is 11.1. The van der Waals surface area contributed by atoms with Crippen molar-refractivity contribution in [2.24, 2.45) is 0 Å². The molecule has 0 N–H and O–H groups in total. The highest BCUT2D eigenvalue weighted by Gasteiger charge is 2.25. The van der Waals surface area contributed by atoms with Crippen LogP contribution in [0.4, 0.5) is 0 Å². The van der Waals surface area contributed by atoms with Gasteiger partial charge in [0, 0.05) is 7.05 Å². The Bertz CT molecular complexity index is 494. The molecule has 0 radical (unpaired) electrons. The predicted molar refractivity (Wildman–Crippen MR) is 62.6 cm³/mol. The Labute approximate surface area is 96.8 Å². The monoisotopic (exact) mass is 243 g/mol. The van der Waals surface area contributed by atoms with Crippen molar-refractivity contribution in [3.63, 3.8) is 0 Å². The number of hydroxylamine groups is 1. The molecule has 0 spiro atoms. The Balaban J connectivity index is 3.50. The van der Waals surface area contributed by atoms with Crippen LogP contribution in [0.15, 0.2) is 17.0 Å². The Hall–Kier alpha value is -0.910. The molecule has 0 fully saturated rings. The zero-order valence-electron chi connectivity index (χ0n) is 10.2. The van der Waals surface area contributed by atoms with Gasteiger partial charge in [0.15, 0.2) is 0 Å². The average Bonchev–Trinajstić information content (AvgIpc) is 2.22. The lowest BCUT2D eigenvalue weighted by Gasteiger charge is -2.18. The average molecular weight is 243 g/mol. The second kappa shape index (κ2) is 4.53. The summed E-state index contributed by atoms with van der Waals surface area (Å²) in [5.41, 5.74) is 2.45. The summed E-state index contributed by atoms with van der Waals surface area (Å²) in [4.78, 5) is 5.10. The van der Waals surface area contributed by atoms with Crippen molar-refractivity contribution in [1.82, 2.24) is 4.47 Å². The van der Waals surface area contributed by atoms with Gasteiger partial charge in [-0.1, -0.05) is 16.6 Å². The Morgan fingerprint density at radius 2 is 1.62 bits per heavy atom. The molecule has 1 aromatic rings. The van der Waals surface area contributed by atoms with Gasteiger partial charge < -0.3 is 0 Å². The smallest absolute Gasteiger partial charge is 0.265 e. The van der Waals surface area contributed by atoms with E-state index in [9.17, 15) is 8.42 Å². The van der Waals surface area contributed by atoms with Crippen LogP contribution in [0.3, 0.4) is 0 Å². The summed E-state index contributed by atoms with van der Waals surface area (Å²) in [6.07, 6.45) is 0. The van der Waals surface area contributed by atoms with Crippen molar-refractivity contribution >= 4 is 10.0 Å². The third-order valence-corrected chi connectivity index (χ3v) is 4.70. The molecule has 0 aliphatic carbocycles. The van der Waals surface area contributed by atoms with Gasteiger partial charge in [-0.15, -0.1) is 0 Å². The van der Waals surface area contributed by atoms with Crippen LogP contribution < -0.4 is 0 Å². The summed E-state index contributed by atoms with van der Waals surface area (Å²) >= 11 is 0. The molecule has 0 saturated carbocycles. The minimum Gasteiger partial charge on any atom is -0.288 e. The molecule has 4 nitrogen and oxygen atoms in total. The molecule has 0 aromatic heterocycles. The molecule has 0 atom stereocenters. The van der Waals surface area contributed by atoms with E-state index >= 15 is 0 Å². The highest BCUT2D eigenvalue weighted by molar-refractivity contribution is 7.89. The largest absolute Gasteiger partial charge is 0.288 e. The summed E-state index contributed by atoms with van der Waals surface area (Å²) < 4.78 is 25.2. The molecular formula is C11H17NO3S. The van der Waals surface area contributed by atoms with Crippen LogP contribution >= 0.6 is 0 Å². The van der Waals surface area contributed by atoms with E-state index in [1.165, 1.54) is 14.2 Å². The van der Waals surface area contributed by atoms with Crippen molar-refractivity contribution in [2.75, 3.05) is 14.2 Å². The molecule has 0 unspecified atom stereocenters. The first-order chi connectivity index (χ1) is 7.32. The first kappa shape index (κ1) is 13.2. The number of aryl methyl sites for hydroxylation is 2. The van der Waals surface area contributed by atoms with E-state index < -0.39 is 10.0 Å². The molecule has 1 aromatic carbocycles. The fourth-order valence-electron chi connectivity index (χ4n) is 1.55. The molecule has 0 aliphatic heterocycles. The van der Waals surface area contributed by atoms with Crippen molar-refractivity contribution in [1.29, 1.82) is 0 Å². The number of nitrogens with zero attached hydrogens (tertiary/aromatic N) is 1. The topological polar surface area (TPSA) is 46.6 Å². The molecule has 0 heterocycles. The minimum absolute atomic E-state index is 0.330. The number of hydrogen-bond donors (Lipinski definition) is 0. The normalized spacial score (nSPS) is 12.1. The highest BCUT2D eigenvalue weighted by atomic mass is 32.2. The first-order valence-corrected chi connectivity index (χ1v) is 6.36. The van der Waals surface area contributed by atoms with Crippen LogP contribution in [0.5, 0.6) is 0 Å². The van der Waals surface area contributed by atoms with Gasteiger partial charge >= 0.3 is 0 Å². The summed E-state index contributed by atoms with van der Waals surface area (Å²) in [7, 11) is -0.845. The van der Waals surface area contributed by atoms with E-state index in [1.807, 2.05) is 13.0 Å². The van der Waals surface area contributed by atoms with Crippen molar-refractivity contribution in [3.05, 3.63) is 28.8 Å². The second-order valence-corrected chi connectivity index (χ2v) is 5.62. The summed E-state index contributed by atoms with van der Waals surface area (Å²) in [6, 6.07) is 3.72. The molecule has 16 heavy (non-hydrogen) atoms. The second-order valence-electron chi connectivity index (χ2n) is 3.75. The maximum absolute atomic E-state index is 12.2. The van der Waals surface area contributed by atoms with Crippen LogP contribution in [0.2, 0.25) is 0 Å². The van der Waals surface area contributed by atoms with Gasteiger partial charge in [0.2, 0.25) is 0 Å². The van der Waals surface area contributed by atoms with Crippen LogP contribution in [-0.4, -0.2) is 27.0 Å². The van der Waals surface area contributed by atoms with Crippen LogP contribution in [-0.2, 0) is 14.9 Å². The molecule has 0 amide bonds. The highest BCUT2D eigenvalue weighted by Crippen LogP contribution is 2.25. The molecular weight excluding hydrogens is 226 g/mol. The fourth-order valence-corrected chi connectivity index (χ4v) is 3.03. The van der Waals surface area contributed by atoms with Crippen LogP contribution in [0, 0.1) is 20.8 Å². The lowest BCUT2D eigenvalue weighted by molar-refractivity contribution is -0.0259. The van der Waals surface area contributed by atoms with Crippen molar-refractivity contribution in [2.45, 2.75) is 25.7 Å². The molecule has 0 bridgehead atoms.